The average Bonchev–Trinajstić information content (AvgIpc) is 2.72. The molecule has 0 radical (unpaired) electrons. The van der Waals surface area contributed by atoms with Crippen LogP contribution in [0.5, 0.6) is 0 Å². The lowest BCUT2D eigenvalue weighted by atomic mass is 10.2. The van der Waals surface area contributed by atoms with Gasteiger partial charge in [-0.1, -0.05) is 11.6 Å². The highest BCUT2D eigenvalue weighted by Crippen LogP contribution is 2.28. The molecule has 0 bridgehead atoms. The second-order valence-electron chi connectivity index (χ2n) is 4.17. The quantitative estimate of drug-likeness (QED) is 0.874. The monoisotopic (exact) mass is 307 g/mol. The van der Waals surface area contributed by atoms with Crippen LogP contribution in [0.15, 0.2) is 12.4 Å². The molecule has 1 saturated heterocycles. The Hall–Kier alpha value is -1.83. The topological polar surface area (TPSA) is 75.2 Å². The van der Waals surface area contributed by atoms with E-state index in [-0.39, 0.29) is 10.8 Å². The SMILES string of the molecule is [2H]C([2H])([2H])C(=O)N1CC(NC(=O)c2nccnc2Cl)C(F)(F)C1. The van der Waals surface area contributed by atoms with Gasteiger partial charge in [0, 0.05) is 29.9 Å². The number of rotatable bonds is 2. The molecule has 0 spiro atoms. The Bertz CT molecular complexity index is 644. The summed E-state index contributed by atoms with van der Waals surface area (Å²) < 4.78 is 48.8. The van der Waals surface area contributed by atoms with Crippen LogP contribution >= 0.6 is 11.6 Å². The second-order valence-corrected chi connectivity index (χ2v) is 4.53. The fraction of sp³-hybridized carbons (Fsp3) is 0.455. The second kappa shape index (κ2) is 5.28. The molecule has 1 atom stereocenters. The van der Waals surface area contributed by atoms with E-state index < -0.39 is 43.7 Å². The largest absolute Gasteiger partial charge is 0.340 e. The predicted octanol–water partition coefficient (Wildman–Crippen LogP) is 0.726. The molecule has 0 aliphatic carbocycles. The van der Waals surface area contributed by atoms with Crippen LogP contribution in [0.4, 0.5) is 8.78 Å². The summed E-state index contributed by atoms with van der Waals surface area (Å²) >= 11 is 5.65. The summed E-state index contributed by atoms with van der Waals surface area (Å²) in [7, 11) is 0. The van der Waals surface area contributed by atoms with E-state index in [0.29, 0.717) is 4.90 Å². The molecule has 1 fully saturated rings. The van der Waals surface area contributed by atoms with E-state index in [9.17, 15) is 18.4 Å². The molecule has 1 aliphatic heterocycles. The van der Waals surface area contributed by atoms with Gasteiger partial charge in [0.05, 0.1) is 6.54 Å². The summed E-state index contributed by atoms with van der Waals surface area (Å²) in [6.45, 7) is -4.75. The molecular formula is C11H11ClF2N4O2. The first-order valence-electron chi connectivity index (χ1n) is 6.97. The number of halogens is 3. The zero-order valence-corrected chi connectivity index (χ0v) is 10.7. The fourth-order valence-corrected chi connectivity index (χ4v) is 1.98. The van der Waals surface area contributed by atoms with E-state index in [1.807, 2.05) is 5.32 Å². The smallest absolute Gasteiger partial charge is 0.286 e. The molecule has 1 unspecified atom stereocenters. The molecule has 1 aromatic heterocycles. The number of aromatic nitrogens is 2. The van der Waals surface area contributed by atoms with E-state index in [2.05, 4.69) is 9.97 Å². The van der Waals surface area contributed by atoms with E-state index >= 15 is 0 Å². The lowest BCUT2D eigenvalue weighted by molar-refractivity contribution is -0.129. The van der Waals surface area contributed by atoms with Crippen molar-refractivity contribution in [1.82, 2.24) is 20.2 Å². The van der Waals surface area contributed by atoms with Crippen molar-refractivity contribution in [2.75, 3.05) is 13.1 Å². The van der Waals surface area contributed by atoms with Crippen LogP contribution in [-0.4, -0.2) is 51.7 Å². The van der Waals surface area contributed by atoms with Gasteiger partial charge in [-0.2, -0.15) is 0 Å². The van der Waals surface area contributed by atoms with Crippen molar-refractivity contribution < 1.29 is 22.5 Å². The lowest BCUT2D eigenvalue weighted by Gasteiger charge is -2.18. The van der Waals surface area contributed by atoms with Crippen LogP contribution in [0.25, 0.3) is 0 Å². The molecule has 9 heteroatoms. The maximum Gasteiger partial charge on any atom is 0.286 e. The maximum atomic E-state index is 13.9. The molecular weight excluding hydrogens is 294 g/mol. The molecule has 2 amide bonds. The molecule has 1 N–H and O–H groups in total. The van der Waals surface area contributed by atoms with E-state index in [1.54, 1.807) is 0 Å². The van der Waals surface area contributed by atoms with Gasteiger partial charge in [0.15, 0.2) is 10.8 Å². The van der Waals surface area contributed by atoms with Crippen molar-refractivity contribution in [1.29, 1.82) is 0 Å². The third kappa shape index (κ3) is 2.84. The predicted molar refractivity (Wildman–Crippen MR) is 65.5 cm³/mol. The van der Waals surface area contributed by atoms with Gasteiger partial charge < -0.3 is 10.2 Å². The van der Waals surface area contributed by atoms with Crippen LogP contribution in [0.2, 0.25) is 5.15 Å². The Morgan fingerprint density at radius 3 is 2.90 bits per heavy atom. The molecule has 2 heterocycles. The summed E-state index contributed by atoms with van der Waals surface area (Å²) in [5, 5.41) is 1.75. The van der Waals surface area contributed by atoms with E-state index in [1.165, 1.54) is 6.20 Å². The van der Waals surface area contributed by atoms with Crippen molar-refractivity contribution in [3.8, 4) is 0 Å². The Balaban J connectivity index is 2.13. The van der Waals surface area contributed by atoms with Gasteiger partial charge in [-0.15, -0.1) is 0 Å². The van der Waals surface area contributed by atoms with Gasteiger partial charge in [0.2, 0.25) is 5.91 Å². The molecule has 0 aromatic carbocycles. The molecule has 1 aromatic rings. The van der Waals surface area contributed by atoms with Gasteiger partial charge in [-0.05, 0) is 0 Å². The number of alkyl halides is 2. The number of carbonyl (C=O) groups excluding carboxylic acids is 2. The lowest BCUT2D eigenvalue weighted by Crippen LogP contribution is -2.47. The van der Waals surface area contributed by atoms with Gasteiger partial charge in [0.1, 0.15) is 6.04 Å². The number of carbonyl (C=O) groups is 2. The van der Waals surface area contributed by atoms with Crippen molar-refractivity contribution in [3.05, 3.63) is 23.2 Å². The highest BCUT2D eigenvalue weighted by Gasteiger charge is 2.49. The zero-order valence-electron chi connectivity index (χ0n) is 12.9. The van der Waals surface area contributed by atoms with Crippen LogP contribution in [-0.2, 0) is 4.79 Å². The van der Waals surface area contributed by atoms with E-state index in [0.717, 1.165) is 6.20 Å². The molecule has 6 nitrogen and oxygen atoms in total. The minimum absolute atomic E-state index is 0.262. The number of amides is 2. The average molecular weight is 308 g/mol. The standard InChI is InChI=1S/C11H11ClF2N4O2/c1-6(19)18-4-7(11(13,14)5-18)17-10(20)8-9(12)16-3-2-15-8/h2-3,7H,4-5H2,1H3,(H,17,20)/i1D3. The number of hydrogen-bond acceptors (Lipinski definition) is 4. The molecule has 108 valence electrons. The summed E-state index contributed by atoms with van der Waals surface area (Å²) in [5.41, 5.74) is -0.342. The molecule has 0 saturated carbocycles. The first-order chi connectivity index (χ1) is 10.5. The summed E-state index contributed by atoms with van der Waals surface area (Å²) in [4.78, 5) is 31.3. The summed E-state index contributed by atoms with van der Waals surface area (Å²) in [6.07, 6.45) is 2.39. The highest BCUT2D eigenvalue weighted by atomic mass is 35.5. The first kappa shape index (κ1) is 10.9. The molecule has 20 heavy (non-hydrogen) atoms. The Morgan fingerprint density at radius 2 is 2.25 bits per heavy atom. The number of nitrogens with one attached hydrogen (secondary N) is 1. The minimum atomic E-state index is -3.48. The Kier molecular flexibility index (Phi) is 2.88. The van der Waals surface area contributed by atoms with Crippen LogP contribution in [0, 0.1) is 0 Å². The normalized spacial score (nSPS) is 23.6. The van der Waals surface area contributed by atoms with Crippen LogP contribution in [0.3, 0.4) is 0 Å². The fourth-order valence-electron chi connectivity index (χ4n) is 1.79. The van der Waals surface area contributed by atoms with Gasteiger partial charge in [-0.25, -0.2) is 18.7 Å². The van der Waals surface area contributed by atoms with Gasteiger partial charge in [0.25, 0.3) is 11.8 Å². The molecule has 1 aliphatic rings. The maximum absolute atomic E-state index is 13.9. The van der Waals surface area contributed by atoms with Gasteiger partial charge >= 0.3 is 0 Å². The molecule has 2 rings (SSSR count). The summed E-state index contributed by atoms with van der Waals surface area (Å²) in [5.74, 6) is -5.87. The number of nitrogens with zero attached hydrogens (tertiary/aromatic N) is 3. The first-order valence-corrected chi connectivity index (χ1v) is 5.85. The zero-order chi connectivity index (χ0) is 17.4. The minimum Gasteiger partial charge on any atom is -0.340 e. The van der Waals surface area contributed by atoms with Crippen LogP contribution < -0.4 is 5.32 Å². The van der Waals surface area contributed by atoms with Crippen LogP contribution in [0.1, 0.15) is 21.5 Å². The number of hydrogen-bond donors (Lipinski definition) is 1. The highest BCUT2D eigenvalue weighted by molar-refractivity contribution is 6.32. The number of likely N-dealkylation sites (tertiary alicyclic amines) is 1. The third-order valence-electron chi connectivity index (χ3n) is 2.78. The van der Waals surface area contributed by atoms with Crippen molar-refractivity contribution in [2.24, 2.45) is 0 Å². The third-order valence-corrected chi connectivity index (χ3v) is 3.05. The van der Waals surface area contributed by atoms with Crippen molar-refractivity contribution in [2.45, 2.75) is 18.8 Å². The van der Waals surface area contributed by atoms with Crippen molar-refractivity contribution in [3.63, 3.8) is 0 Å². The summed E-state index contributed by atoms with van der Waals surface area (Å²) in [6, 6.07) is -1.75. The van der Waals surface area contributed by atoms with Crippen molar-refractivity contribution >= 4 is 23.4 Å². The van der Waals surface area contributed by atoms with E-state index in [4.69, 9.17) is 15.7 Å². The Labute approximate surface area is 122 Å². The Morgan fingerprint density at radius 1 is 1.55 bits per heavy atom. The van der Waals surface area contributed by atoms with Gasteiger partial charge in [-0.3, -0.25) is 9.59 Å².